The number of nitrogens with one attached hydrogen (secondary N) is 4. The number of aromatic amines is 2. The van der Waals surface area contributed by atoms with Gasteiger partial charge in [-0.2, -0.15) is 0 Å². The van der Waals surface area contributed by atoms with E-state index in [4.69, 9.17) is 9.97 Å². The normalized spacial score (nSPS) is 12.3. The van der Waals surface area contributed by atoms with E-state index in [-0.39, 0.29) is 28.4 Å². The molecule has 0 spiro atoms. The number of hydrogen-bond acceptors (Lipinski definition) is 11. The van der Waals surface area contributed by atoms with Gasteiger partial charge in [-0.15, -0.1) is 0 Å². The molecule has 0 aliphatic rings. The molecule has 0 saturated heterocycles. The van der Waals surface area contributed by atoms with E-state index < -0.39 is 17.2 Å². The van der Waals surface area contributed by atoms with Crippen molar-refractivity contribution in [2.75, 3.05) is 10.6 Å². The van der Waals surface area contributed by atoms with Crippen LogP contribution in [-0.2, 0) is 0 Å². The summed E-state index contributed by atoms with van der Waals surface area (Å²) in [6.07, 6.45) is 6.84. The minimum Gasteiger partial charge on any atom is -0.359 e. The Hall–Kier alpha value is -8.21. The fraction of sp³-hybridized carbons (Fsp3) is 0.114. The Morgan fingerprint density at radius 3 is 2.16 bits per heavy atom. The van der Waals surface area contributed by atoms with Crippen molar-refractivity contribution in [2.24, 2.45) is 0 Å². The minimum atomic E-state index is -0.595. The van der Waals surface area contributed by atoms with Crippen LogP contribution in [0, 0.1) is 11.6 Å². The second-order valence-electron chi connectivity index (χ2n) is 13.9. The van der Waals surface area contributed by atoms with Gasteiger partial charge in [0.1, 0.15) is 46.0 Å². The highest BCUT2D eigenvalue weighted by molar-refractivity contribution is 5.85. The van der Waals surface area contributed by atoms with Gasteiger partial charge in [0.25, 0.3) is 11.1 Å². The summed E-state index contributed by atoms with van der Waals surface area (Å²) in [6.45, 7) is 3.87. The molecule has 0 bridgehead atoms. The summed E-state index contributed by atoms with van der Waals surface area (Å²) in [5, 5.41) is 6.85. The molecule has 2 unspecified atom stereocenters. The number of fused-ring (bicyclic) bond motifs is 4. The molecule has 6 heterocycles. The average Bonchev–Trinajstić information content (AvgIpc) is 3.98. The Kier molecular flexibility index (Phi) is 10.2. The van der Waals surface area contributed by atoms with Gasteiger partial charge in [-0.3, -0.25) is 18.7 Å². The topological polar surface area (TPSA) is 190 Å². The Morgan fingerprint density at radius 2 is 1.41 bits per heavy atom. The predicted octanol–water partition coefficient (Wildman–Crippen LogP) is 7.72. The number of rotatable bonds is 9. The molecule has 15 nitrogen and oxygen atoms in total. The smallest absolute Gasteiger partial charge is 0.269 e. The summed E-state index contributed by atoms with van der Waals surface area (Å²) in [5.74, 6) is 0.996. The maximum atomic E-state index is 14.5. The van der Waals surface area contributed by atoms with Crippen LogP contribution in [0.4, 0.5) is 20.4 Å². The van der Waals surface area contributed by atoms with Gasteiger partial charge in [0, 0.05) is 6.20 Å². The second-order valence-corrected chi connectivity index (χ2v) is 13.9. The number of imidazole rings is 2. The molecular formula is C44H35F2N13O2. The van der Waals surface area contributed by atoms with Crippen LogP contribution in [0.3, 0.4) is 0 Å². The van der Waals surface area contributed by atoms with Gasteiger partial charge in [-0.1, -0.05) is 49.4 Å². The fourth-order valence-electron chi connectivity index (χ4n) is 7.19. The molecule has 0 aliphatic heterocycles. The number of aromatic nitrogens is 11. The van der Waals surface area contributed by atoms with E-state index in [9.17, 15) is 18.4 Å². The van der Waals surface area contributed by atoms with Crippen LogP contribution in [0.2, 0.25) is 0 Å². The zero-order valence-corrected chi connectivity index (χ0v) is 32.6. The predicted molar refractivity (Wildman–Crippen MR) is 229 cm³/mol. The number of halogens is 2. The van der Waals surface area contributed by atoms with E-state index in [1.807, 2.05) is 68.4 Å². The molecule has 6 aromatic heterocycles. The highest BCUT2D eigenvalue weighted by Gasteiger charge is 2.24. The Labute approximate surface area is 344 Å². The van der Waals surface area contributed by atoms with Gasteiger partial charge < -0.3 is 20.6 Å². The van der Waals surface area contributed by atoms with Crippen LogP contribution in [-0.4, -0.2) is 54.0 Å². The summed E-state index contributed by atoms with van der Waals surface area (Å²) in [4.78, 5) is 63.5. The van der Waals surface area contributed by atoms with E-state index in [0.29, 0.717) is 68.8 Å². The fourth-order valence-corrected chi connectivity index (χ4v) is 7.19. The molecule has 4 N–H and O–H groups in total. The van der Waals surface area contributed by atoms with E-state index >= 15 is 0 Å². The van der Waals surface area contributed by atoms with Crippen LogP contribution in [0.5, 0.6) is 0 Å². The van der Waals surface area contributed by atoms with Crippen molar-refractivity contribution in [2.45, 2.75) is 32.4 Å². The summed E-state index contributed by atoms with van der Waals surface area (Å²) >= 11 is 0. The van der Waals surface area contributed by atoms with Gasteiger partial charge >= 0.3 is 0 Å². The maximum absolute atomic E-state index is 14.5. The first-order valence-corrected chi connectivity index (χ1v) is 19.3. The summed E-state index contributed by atoms with van der Waals surface area (Å²) in [6, 6.07) is 27.8. The zero-order chi connectivity index (χ0) is 42.0. The second kappa shape index (κ2) is 16.2. The highest BCUT2D eigenvalue weighted by atomic mass is 19.1. The maximum Gasteiger partial charge on any atom is 0.269 e. The molecule has 61 heavy (non-hydrogen) atoms. The van der Waals surface area contributed by atoms with Crippen molar-refractivity contribution in [3.8, 4) is 11.4 Å². The molecule has 0 aliphatic carbocycles. The molecule has 10 aromatic rings. The number of anilines is 2. The third-order valence-corrected chi connectivity index (χ3v) is 10.1. The van der Waals surface area contributed by atoms with Crippen LogP contribution < -0.4 is 21.8 Å². The lowest BCUT2D eigenvalue weighted by Gasteiger charge is -2.22. The molecule has 10 rings (SSSR count). The highest BCUT2D eigenvalue weighted by Crippen LogP contribution is 2.27. The number of pyridine rings is 1. The monoisotopic (exact) mass is 815 g/mol. The van der Waals surface area contributed by atoms with E-state index in [1.54, 1.807) is 43.1 Å². The summed E-state index contributed by atoms with van der Waals surface area (Å²) in [7, 11) is 0. The molecular weight excluding hydrogens is 781 g/mol. The first kappa shape index (κ1) is 38.3. The number of nitrogens with zero attached hydrogens (tertiary/aromatic N) is 9. The molecule has 4 aromatic carbocycles. The first-order valence-electron chi connectivity index (χ1n) is 19.3. The standard InChI is InChI=1S/C22H18FN7O.C22H17FN6O/c1-2-15(28-20-18-19(25-11-24-18)26-12-27-20)21-29-16-10-6-9-14(23)17(16)22(31)30(21)13-7-4-3-5-8-13;1-13(27-20-19-18(9-10-24-20)25-12-26-19)21-28-17-8-7-14(23)11-16(17)22(30)29(21)15-5-3-2-4-6-15/h3-12,15H,2H2,1H3,(H2,24,25,26,27,28);2-13H,1H3,(H,24,27)(H,25,26). The molecule has 0 saturated carbocycles. The molecule has 17 heteroatoms. The van der Waals surface area contributed by atoms with E-state index in [1.165, 1.54) is 39.7 Å². The van der Waals surface area contributed by atoms with E-state index in [0.717, 1.165) is 5.52 Å². The summed E-state index contributed by atoms with van der Waals surface area (Å²) in [5.41, 5.74) is 3.93. The van der Waals surface area contributed by atoms with Crippen LogP contribution in [0.25, 0.3) is 55.4 Å². The van der Waals surface area contributed by atoms with Crippen molar-refractivity contribution in [3.63, 3.8) is 0 Å². The lowest BCUT2D eigenvalue weighted by Crippen LogP contribution is -2.28. The molecule has 2 atom stereocenters. The molecule has 0 amide bonds. The lowest BCUT2D eigenvalue weighted by molar-refractivity contribution is 0.628. The first-order chi connectivity index (χ1) is 29.8. The average molecular weight is 816 g/mol. The van der Waals surface area contributed by atoms with Gasteiger partial charge in [0.2, 0.25) is 0 Å². The van der Waals surface area contributed by atoms with Gasteiger partial charge in [0.15, 0.2) is 17.3 Å². The Morgan fingerprint density at radius 1 is 0.689 bits per heavy atom. The van der Waals surface area contributed by atoms with Crippen molar-refractivity contribution < 1.29 is 8.78 Å². The van der Waals surface area contributed by atoms with Crippen molar-refractivity contribution in [1.29, 1.82) is 0 Å². The third-order valence-electron chi connectivity index (χ3n) is 10.1. The Balaban J connectivity index is 0.000000156. The Bertz CT molecular complexity index is 3320. The van der Waals surface area contributed by atoms with Crippen molar-refractivity contribution in [3.05, 3.63) is 172 Å². The summed E-state index contributed by atoms with van der Waals surface area (Å²) < 4.78 is 31.3. The molecule has 302 valence electrons. The minimum absolute atomic E-state index is 0.0389. The van der Waals surface area contributed by atoms with E-state index in [2.05, 4.69) is 45.5 Å². The SMILES string of the molecule is CC(Nc1nccc2[nH]cnc12)c1nc2ccc(F)cc2c(=O)n1-c1ccccc1.CCC(Nc1ncnc2nc[nH]c12)c1nc2cccc(F)c2c(=O)n1-c1ccccc1. The van der Waals surface area contributed by atoms with Gasteiger partial charge in [-0.25, -0.2) is 43.7 Å². The quantitative estimate of drug-likeness (QED) is 0.112. The third kappa shape index (κ3) is 7.28. The van der Waals surface area contributed by atoms with Crippen LogP contribution in [0.15, 0.2) is 138 Å². The number of benzene rings is 4. The molecule has 0 fully saturated rings. The number of hydrogen-bond donors (Lipinski definition) is 4. The largest absolute Gasteiger partial charge is 0.359 e. The van der Waals surface area contributed by atoms with Crippen LogP contribution in [0.1, 0.15) is 44.0 Å². The lowest BCUT2D eigenvalue weighted by atomic mass is 10.1. The van der Waals surface area contributed by atoms with Crippen LogP contribution >= 0.6 is 0 Å². The van der Waals surface area contributed by atoms with Crippen molar-refractivity contribution in [1.82, 2.24) is 54.0 Å². The van der Waals surface area contributed by atoms with Crippen molar-refractivity contribution >= 4 is 55.6 Å². The van der Waals surface area contributed by atoms with Gasteiger partial charge in [-0.05, 0) is 74.0 Å². The number of H-pyrrole nitrogens is 2. The zero-order valence-electron chi connectivity index (χ0n) is 32.6. The van der Waals surface area contributed by atoms with Gasteiger partial charge in [0.05, 0.1) is 58.0 Å². The number of para-hydroxylation sites is 2. The molecule has 0 radical (unpaired) electrons.